The average Bonchev–Trinajstić information content (AvgIpc) is 2.16. The Morgan fingerprint density at radius 2 is 2.00 bits per heavy atom. The van der Waals surface area contributed by atoms with Gasteiger partial charge >= 0.3 is 0 Å². The molecule has 2 rings (SSSR count). The first-order chi connectivity index (χ1) is 7.16. The summed E-state index contributed by atoms with van der Waals surface area (Å²) in [5, 5.41) is 1.75. The van der Waals surface area contributed by atoms with Gasteiger partial charge in [0.1, 0.15) is 0 Å². The minimum atomic E-state index is -0.00931. The summed E-state index contributed by atoms with van der Waals surface area (Å²) in [5.41, 5.74) is 0.939. The number of nitrogens with zero attached hydrogens (tertiary/aromatic N) is 1. The normalized spacial score (nSPS) is 11.1. The fourth-order valence-corrected chi connectivity index (χ4v) is 1.69. The highest BCUT2D eigenvalue weighted by Gasteiger charge is 2.01. The van der Waals surface area contributed by atoms with Crippen molar-refractivity contribution in [2.75, 3.05) is 14.1 Å². The standard InChI is InChI=1S/C12H14N2O/c1-14(2)8-10-7-9-5-3-4-6-11(9)12(15)13-10/h3-7H,8H2,1-2H3,(H,13,15). The first-order valence-electron chi connectivity index (χ1n) is 4.92. The molecule has 0 saturated heterocycles. The van der Waals surface area contributed by atoms with Crippen molar-refractivity contribution in [1.29, 1.82) is 0 Å². The van der Waals surface area contributed by atoms with Crippen LogP contribution in [0.4, 0.5) is 0 Å². The summed E-state index contributed by atoms with van der Waals surface area (Å²) < 4.78 is 0. The van der Waals surface area contributed by atoms with Crippen molar-refractivity contribution in [3.63, 3.8) is 0 Å². The zero-order valence-electron chi connectivity index (χ0n) is 8.95. The third kappa shape index (κ3) is 2.07. The van der Waals surface area contributed by atoms with Crippen LogP contribution in [0.3, 0.4) is 0 Å². The van der Waals surface area contributed by atoms with E-state index < -0.39 is 0 Å². The molecule has 1 aromatic carbocycles. The van der Waals surface area contributed by atoms with Gasteiger partial charge in [-0.25, -0.2) is 0 Å². The number of aromatic nitrogens is 1. The van der Waals surface area contributed by atoms with Crippen molar-refractivity contribution in [2.24, 2.45) is 0 Å². The molecule has 1 N–H and O–H groups in total. The average molecular weight is 202 g/mol. The van der Waals surface area contributed by atoms with Gasteiger partial charge in [0.05, 0.1) is 0 Å². The van der Waals surface area contributed by atoms with E-state index in [0.717, 1.165) is 23.0 Å². The lowest BCUT2D eigenvalue weighted by molar-refractivity contribution is 0.397. The summed E-state index contributed by atoms with van der Waals surface area (Å²) in [4.78, 5) is 16.6. The predicted octanol–water partition coefficient (Wildman–Crippen LogP) is 1.59. The first kappa shape index (κ1) is 9.93. The highest BCUT2D eigenvalue weighted by molar-refractivity contribution is 5.81. The second-order valence-electron chi connectivity index (χ2n) is 3.95. The fraction of sp³-hybridized carbons (Fsp3) is 0.250. The van der Waals surface area contributed by atoms with Crippen LogP contribution in [-0.4, -0.2) is 24.0 Å². The van der Waals surface area contributed by atoms with E-state index in [0.29, 0.717) is 0 Å². The first-order valence-corrected chi connectivity index (χ1v) is 4.92. The molecule has 2 aromatic rings. The number of pyridine rings is 1. The van der Waals surface area contributed by atoms with Gasteiger partial charge in [0.25, 0.3) is 5.56 Å². The van der Waals surface area contributed by atoms with Crippen LogP contribution in [0.15, 0.2) is 35.1 Å². The largest absolute Gasteiger partial charge is 0.324 e. The highest BCUT2D eigenvalue weighted by Crippen LogP contribution is 2.10. The number of H-pyrrole nitrogens is 1. The summed E-state index contributed by atoms with van der Waals surface area (Å²) in [6.45, 7) is 0.750. The van der Waals surface area contributed by atoms with Gasteiger partial charge in [0.2, 0.25) is 0 Å². The minimum Gasteiger partial charge on any atom is -0.324 e. The molecule has 0 radical (unpaired) electrons. The highest BCUT2D eigenvalue weighted by atomic mass is 16.1. The summed E-state index contributed by atoms with van der Waals surface area (Å²) in [6.07, 6.45) is 0. The van der Waals surface area contributed by atoms with Crippen LogP contribution < -0.4 is 5.56 Å². The Hall–Kier alpha value is -1.61. The smallest absolute Gasteiger partial charge is 0.256 e. The number of nitrogens with one attached hydrogen (secondary N) is 1. The molecule has 0 aliphatic rings. The van der Waals surface area contributed by atoms with Crippen molar-refractivity contribution in [3.8, 4) is 0 Å². The Morgan fingerprint density at radius 1 is 1.27 bits per heavy atom. The molecule has 0 unspecified atom stereocenters. The molecular formula is C12H14N2O. The maximum Gasteiger partial charge on any atom is 0.256 e. The van der Waals surface area contributed by atoms with Crippen LogP contribution in [0, 0.1) is 0 Å². The molecule has 0 aliphatic heterocycles. The molecule has 0 atom stereocenters. The van der Waals surface area contributed by atoms with Gasteiger partial charge in [0, 0.05) is 17.6 Å². The van der Waals surface area contributed by atoms with Crippen LogP contribution in [-0.2, 0) is 6.54 Å². The molecule has 1 aromatic heterocycles. The Bertz CT molecular complexity index is 528. The molecule has 15 heavy (non-hydrogen) atoms. The van der Waals surface area contributed by atoms with Gasteiger partial charge in [-0.15, -0.1) is 0 Å². The van der Waals surface area contributed by atoms with E-state index in [2.05, 4.69) is 4.98 Å². The number of aromatic amines is 1. The summed E-state index contributed by atoms with van der Waals surface area (Å²) in [5.74, 6) is 0. The van der Waals surface area contributed by atoms with Crippen molar-refractivity contribution >= 4 is 10.8 Å². The molecule has 78 valence electrons. The van der Waals surface area contributed by atoms with Crippen LogP contribution >= 0.6 is 0 Å². The summed E-state index contributed by atoms with van der Waals surface area (Å²) in [7, 11) is 3.96. The molecule has 0 bridgehead atoms. The monoisotopic (exact) mass is 202 g/mol. The van der Waals surface area contributed by atoms with Crippen LogP contribution in [0.25, 0.3) is 10.8 Å². The van der Waals surface area contributed by atoms with Gasteiger partial charge in [-0.2, -0.15) is 0 Å². The lowest BCUT2D eigenvalue weighted by Gasteiger charge is -2.09. The van der Waals surface area contributed by atoms with Gasteiger partial charge < -0.3 is 9.88 Å². The van der Waals surface area contributed by atoms with Crippen LogP contribution in [0.5, 0.6) is 0 Å². The zero-order valence-corrected chi connectivity index (χ0v) is 8.95. The summed E-state index contributed by atoms with van der Waals surface area (Å²) >= 11 is 0. The second-order valence-corrected chi connectivity index (χ2v) is 3.95. The molecule has 0 spiro atoms. The van der Waals surface area contributed by atoms with E-state index in [4.69, 9.17) is 0 Å². The molecule has 3 nitrogen and oxygen atoms in total. The zero-order chi connectivity index (χ0) is 10.8. The van der Waals surface area contributed by atoms with Gasteiger partial charge in [0.15, 0.2) is 0 Å². The molecule has 0 amide bonds. The quantitative estimate of drug-likeness (QED) is 0.802. The van der Waals surface area contributed by atoms with Gasteiger partial charge in [-0.3, -0.25) is 4.79 Å². The molecule has 1 heterocycles. The Labute approximate surface area is 88.3 Å². The van der Waals surface area contributed by atoms with Crippen LogP contribution in [0.1, 0.15) is 5.69 Å². The topological polar surface area (TPSA) is 36.1 Å². The van der Waals surface area contributed by atoms with Crippen LogP contribution in [0.2, 0.25) is 0 Å². The number of hydrogen-bond donors (Lipinski definition) is 1. The third-order valence-corrected chi connectivity index (χ3v) is 2.30. The molecular weight excluding hydrogens is 188 g/mol. The Morgan fingerprint density at radius 3 is 2.73 bits per heavy atom. The number of benzene rings is 1. The number of rotatable bonds is 2. The molecule has 0 saturated carbocycles. The van der Waals surface area contributed by atoms with Gasteiger partial charge in [-0.05, 0) is 31.6 Å². The maximum atomic E-state index is 11.7. The van der Waals surface area contributed by atoms with Gasteiger partial charge in [-0.1, -0.05) is 18.2 Å². The van der Waals surface area contributed by atoms with E-state index in [-0.39, 0.29) is 5.56 Å². The number of hydrogen-bond acceptors (Lipinski definition) is 2. The van der Waals surface area contributed by atoms with E-state index in [9.17, 15) is 4.79 Å². The Balaban J connectivity index is 2.57. The maximum absolute atomic E-state index is 11.7. The Kier molecular flexibility index (Phi) is 2.56. The minimum absolute atomic E-state index is 0.00931. The third-order valence-electron chi connectivity index (χ3n) is 2.30. The predicted molar refractivity (Wildman–Crippen MR) is 62.0 cm³/mol. The second kappa shape index (κ2) is 3.87. The van der Waals surface area contributed by atoms with Crippen molar-refractivity contribution in [3.05, 3.63) is 46.4 Å². The molecule has 0 aliphatic carbocycles. The van der Waals surface area contributed by atoms with E-state index in [1.165, 1.54) is 0 Å². The number of fused-ring (bicyclic) bond motifs is 1. The van der Waals surface area contributed by atoms with Crippen molar-refractivity contribution in [2.45, 2.75) is 6.54 Å². The lowest BCUT2D eigenvalue weighted by atomic mass is 10.1. The van der Waals surface area contributed by atoms with Crippen molar-refractivity contribution < 1.29 is 0 Å². The van der Waals surface area contributed by atoms with E-state index in [1.807, 2.05) is 49.3 Å². The fourth-order valence-electron chi connectivity index (χ4n) is 1.69. The summed E-state index contributed by atoms with van der Waals surface area (Å²) in [6, 6.07) is 9.65. The molecule has 3 heteroatoms. The van der Waals surface area contributed by atoms with Crippen molar-refractivity contribution in [1.82, 2.24) is 9.88 Å². The molecule has 0 fully saturated rings. The lowest BCUT2D eigenvalue weighted by Crippen LogP contribution is -2.16. The SMILES string of the molecule is CN(C)Cc1cc2ccccc2c(=O)[nH]1. The van der Waals surface area contributed by atoms with E-state index in [1.54, 1.807) is 0 Å². The van der Waals surface area contributed by atoms with E-state index >= 15 is 0 Å².